The van der Waals surface area contributed by atoms with Crippen molar-refractivity contribution in [3.05, 3.63) is 41.5 Å². The summed E-state index contributed by atoms with van der Waals surface area (Å²) >= 11 is 0. The Hall–Kier alpha value is -1.65. The molecule has 28 heavy (non-hydrogen) atoms. The lowest BCUT2D eigenvalue weighted by atomic mass is 9.73. The summed E-state index contributed by atoms with van der Waals surface area (Å²) in [5.41, 5.74) is 2.20. The lowest BCUT2D eigenvalue weighted by molar-refractivity contribution is -0.150. The highest BCUT2D eigenvalue weighted by Crippen LogP contribution is 2.35. The van der Waals surface area contributed by atoms with Gasteiger partial charge >= 0.3 is 0 Å². The lowest BCUT2D eigenvalue weighted by Crippen LogP contribution is -2.49. The molecule has 0 spiro atoms. The first-order valence-electron chi connectivity index (χ1n) is 10.3. The largest absolute Gasteiger partial charge is 0.497 e. The number of Topliss-reactive ketones (excluding diaryl/α,β-unsaturated/α-hetero) is 1. The van der Waals surface area contributed by atoms with Crippen molar-refractivity contribution in [1.29, 1.82) is 0 Å². The van der Waals surface area contributed by atoms with E-state index in [1.807, 2.05) is 31.2 Å². The molecule has 0 heterocycles. The summed E-state index contributed by atoms with van der Waals surface area (Å²) in [6, 6.07) is 7.88. The molecule has 156 valence electrons. The molecule has 1 saturated carbocycles. The molecule has 4 nitrogen and oxygen atoms in total. The van der Waals surface area contributed by atoms with E-state index in [0.29, 0.717) is 18.9 Å². The summed E-state index contributed by atoms with van der Waals surface area (Å²) in [5, 5.41) is 0. The van der Waals surface area contributed by atoms with Crippen molar-refractivity contribution in [1.82, 2.24) is 0 Å². The van der Waals surface area contributed by atoms with Gasteiger partial charge in [-0.15, -0.1) is 0 Å². The van der Waals surface area contributed by atoms with Gasteiger partial charge in [0.1, 0.15) is 11.5 Å². The van der Waals surface area contributed by atoms with Gasteiger partial charge in [-0.3, -0.25) is 4.79 Å². The fourth-order valence-electron chi connectivity index (χ4n) is 3.91. The monoisotopic (exact) mass is 388 g/mol. The smallest absolute Gasteiger partial charge is 0.145 e. The minimum Gasteiger partial charge on any atom is -0.497 e. The highest BCUT2D eigenvalue weighted by atomic mass is 16.5. The predicted molar refractivity (Wildman–Crippen MR) is 112 cm³/mol. The number of allylic oxidation sites excluding steroid dienone is 1. The zero-order chi connectivity index (χ0) is 20.7. The number of hydrogen-bond acceptors (Lipinski definition) is 4. The van der Waals surface area contributed by atoms with Crippen molar-refractivity contribution in [3.8, 4) is 5.75 Å². The van der Waals surface area contributed by atoms with E-state index < -0.39 is 0 Å². The highest BCUT2D eigenvalue weighted by Gasteiger charge is 2.43. The van der Waals surface area contributed by atoms with Crippen molar-refractivity contribution >= 4 is 5.78 Å². The summed E-state index contributed by atoms with van der Waals surface area (Å²) in [4.78, 5) is 12.9. The normalized spacial score (nSPS) is 26.0. The van der Waals surface area contributed by atoms with Crippen LogP contribution in [0.15, 0.2) is 35.9 Å². The molecular weight excluding hydrogens is 352 g/mol. The average Bonchev–Trinajstić information content (AvgIpc) is 2.68. The van der Waals surface area contributed by atoms with E-state index in [1.54, 1.807) is 14.2 Å². The zero-order valence-electron chi connectivity index (χ0n) is 18.2. The average molecular weight is 389 g/mol. The molecule has 1 aromatic carbocycles. The number of rotatable bonds is 9. The van der Waals surface area contributed by atoms with Crippen LogP contribution in [0.25, 0.3) is 0 Å². The van der Waals surface area contributed by atoms with Gasteiger partial charge in [0.2, 0.25) is 0 Å². The van der Waals surface area contributed by atoms with Crippen LogP contribution in [0.5, 0.6) is 5.75 Å². The van der Waals surface area contributed by atoms with Crippen molar-refractivity contribution in [2.45, 2.75) is 65.8 Å². The van der Waals surface area contributed by atoms with Crippen LogP contribution >= 0.6 is 0 Å². The minimum atomic E-state index is -0.239. The van der Waals surface area contributed by atoms with Crippen LogP contribution in [-0.4, -0.2) is 32.2 Å². The maximum absolute atomic E-state index is 12.9. The van der Waals surface area contributed by atoms with Crippen molar-refractivity contribution in [3.63, 3.8) is 0 Å². The lowest BCUT2D eigenvalue weighted by Gasteiger charge is -2.39. The molecule has 1 fully saturated rings. The third-order valence-corrected chi connectivity index (χ3v) is 5.67. The fraction of sp³-hybridized carbons (Fsp3) is 0.625. The van der Waals surface area contributed by atoms with Gasteiger partial charge in [-0.25, -0.2) is 0 Å². The molecule has 2 rings (SSSR count). The molecule has 0 saturated heterocycles. The van der Waals surface area contributed by atoms with Gasteiger partial charge in [0.05, 0.1) is 31.8 Å². The molecule has 0 unspecified atom stereocenters. The van der Waals surface area contributed by atoms with Gasteiger partial charge in [-0.1, -0.05) is 44.6 Å². The molecule has 0 radical (unpaired) electrons. The molecular formula is C24H36O4. The second kappa shape index (κ2) is 10.8. The molecule has 1 aliphatic rings. The first kappa shape index (κ1) is 22.6. The highest BCUT2D eigenvalue weighted by molar-refractivity contribution is 5.87. The summed E-state index contributed by atoms with van der Waals surface area (Å²) < 4.78 is 17.3. The Morgan fingerprint density at radius 2 is 1.89 bits per heavy atom. The van der Waals surface area contributed by atoms with Crippen molar-refractivity contribution < 1.29 is 19.0 Å². The van der Waals surface area contributed by atoms with E-state index in [-0.39, 0.29) is 29.8 Å². The molecule has 0 amide bonds. The Bertz CT molecular complexity index is 647. The van der Waals surface area contributed by atoms with Gasteiger partial charge in [-0.05, 0) is 49.8 Å². The van der Waals surface area contributed by atoms with E-state index in [2.05, 4.69) is 26.8 Å². The van der Waals surface area contributed by atoms with Crippen LogP contribution in [0.1, 0.15) is 52.5 Å². The number of ketones is 1. The molecule has 0 aromatic heterocycles. The Morgan fingerprint density at radius 3 is 2.46 bits per heavy atom. The fourth-order valence-corrected chi connectivity index (χ4v) is 3.91. The first-order valence-corrected chi connectivity index (χ1v) is 10.3. The Balaban J connectivity index is 2.09. The SMILES string of the molecule is COc1ccc(CO[C@@H]2C[C@@H](C)C(=O)[C@@H](C(C)=CCCC(C)C)[C@@H]2OC)cc1. The van der Waals surface area contributed by atoms with E-state index >= 15 is 0 Å². The second-order valence-corrected chi connectivity index (χ2v) is 8.33. The van der Waals surface area contributed by atoms with Crippen LogP contribution in [0.2, 0.25) is 0 Å². The van der Waals surface area contributed by atoms with Gasteiger partial charge in [0.15, 0.2) is 0 Å². The van der Waals surface area contributed by atoms with E-state index in [1.165, 1.54) is 0 Å². The van der Waals surface area contributed by atoms with Gasteiger partial charge in [-0.2, -0.15) is 0 Å². The van der Waals surface area contributed by atoms with Gasteiger partial charge in [0, 0.05) is 13.0 Å². The number of ether oxygens (including phenoxy) is 3. The molecule has 1 aliphatic carbocycles. The van der Waals surface area contributed by atoms with Crippen LogP contribution in [0, 0.1) is 17.8 Å². The number of benzene rings is 1. The minimum absolute atomic E-state index is 0.0225. The summed E-state index contributed by atoms with van der Waals surface area (Å²) in [7, 11) is 3.35. The van der Waals surface area contributed by atoms with Crippen molar-refractivity contribution in [2.75, 3.05) is 14.2 Å². The third kappa shape index (κ3) is 5.92. The van der Waals surface area contributed by atoms with Crippen LogP contribution < -0.4 is 4.74 Å². The number of hydrogen-bond donors (Lipinski definition) is 0. The standard InChI is InChI=1S/C24H36O4/c1-16(2)8-7-9-17(3)22-23(25)18(4)14-21(24(22)27-6)28-15-19-10-12-20(26-5)13-11-19/h9-13,16,18,21-22,24H,7-8,14-15H2,1-6H3/t18-,21-,22-,24-/m1/s1. The number of carbonyl (C=O) groups excluding carboxylic acids is 1. The number of methoxy groups -OCH3 is 2. The van der Waals surface area contributed by atoms with Crippen LogP contribution in [0.3, 0.4) is 0 Å². The molecule has 4 atom stereocenters. The molecule has 0 N–H and O–H groups in total. The maximum atomic E-state index is 12.9. The first-order chi connectivity index (χ1) is 13.4. The molecule has 0 bridgehead atoms. The second-order valence-electron chi connectivity index (χ2n) is 8.33. The van der Waals surface area contributed by atoms with Crippen LogP contribution in [0.4, 0.5) is 0 Å². The Labute approximate surface area is 170 Å². The quantitative estimate of drug-likeness (QED) is 0.545. The summed E-state index contributed by atoms with van der Waals surface area (Å²) in [6.07, 6.45) is 4.70. The Morgan fingerprint density at radius 1 is 1.21 bits per heavy atom. The topological polar surface area (TPSA) is 44.8 Å². The summed E-state index contributed by atoms with van der Waals surface area (Å²) in [5.74, 6) is 1.52. The third-order valence-electron chi connectivity index (χ3n) is 5.67. The van der Waals surface area contributed by atoms with Gasteiger partial charge in [0.25, 0.3) is 0 Å². The molecule has 0 aliphatic heterocycles. The Kier molecular flexibility index (Phi) is 8.71. The maximum Gasteiger partial charge on any atom is 0.145 e. The van der Waals surface area contributed by atoms with Gasteiger partial charge < -0.3 is 14.2 Å². The number of carbonyl (C=O) groups is 1. The molecule has 4 heteroatoms. The van der Waals surface area contributed by atoms with E-state index in [9.17, 15) is 4.79 Å². The van der Waals surface area contributed by atoms with Crippen LogP contribution in [-0.2, 0) is 20.9 Å². The van der Waals surface area contributed by atoms with E-state index in [4.69, 9.17) is 14.2 Å². The summed E-state index contributed by atoms with van der Waals surface area (Å²) in [6.45, 7) is 9.01. The molecule has 1 aromatic rings. The zero-order valence-corrected chi connectivity index (χ0v) is 18.2. The predicted octanol–water partition coefficient (Wildman–Crippen LogP) is 5.20. The van der Waals surface area contributed by atoms with Crippen molar-refractivity contribution in [2.24, 2.45) is 17.8 Å². The van der Waals surface area contributed by atoms with E-state index in [0.717, 1.165) is 29.7 Å².